The average molecular weight is 214 g/mol. The molecule has 0 spiro atoms. The highest BCUT2D eigenvalue weighted by atomic mass is 16.6. The minimum absolute atomic E-state index is 0.00597. The molecule has 0 aromatic carbocycles. The summed E-state index contributed by atoms with van der Waals surface area (Å²) in [6, 6.07) is 0. The lowest BCUT2D eigenvalue weighted by molar-refractivity contribution is -0.250. The summed E-state index contributed by atoms with van der Waals surface area (Å²) in [5.74, 6) is -1.55. The highest BCUT2D eigenvalue weighted by Gasteiger charge is 2.43. The van der Waals surface area contributed by atoms with E-state index in [1.165, 1.54) is 0 Å². The first-order valence-electron chi connectivity index (χ1n) is 5.81. The maximum atomic E-state index is 11.8. The van der Waals surface area contributed by atoms with Crippen LogP contribution < -0.4 is 0 Å². The fraction of sp³-hybridized carbons (Fsp3) is 0.917. The van der Waals surface area contributed by atoms with Gasteiger partial charge in [-0.1, -0.05) is 27.7 Å². The molecule has 3 nitrogen and oxygen atoms in total. The van der Waals surface area contributed by atoms with Crippen LogP contribution in [0.4, 0.5) is 0 Å². The van der Waals surface area contributed by atoms with Crippen LogP contribution in [-0.4, -0.2) is 22.8 Å². The predicted molar refractivity (Wildman–Crippen MR) is 58.4 cm³/mol. The number of aliphatic hydroxyl groups is 1. The summed E-state index contributed by atoms with van der Waals surface area (Å²) in [4.78, 5) is 11.8. The van der Waals surface area contributed by atoms with Gasteiger partial charge in [-0.2, -0.15) is 0 Å². The Balaban J connectivity index is 2.72. The fourth-order valence-electron chi connectivity index (χ4n) is 2.01. The quantitative estimate of drug-likeness (QED) is 0.782. The molecule has 0 amide bonds. The zero-order valence-electron chi connectivity index (χ0n) is 10.1. The molecule has 0 aromatic heterocycles. The van der Waals surface area contributed by atoms with Crippen LogP contribution in [0.15, 0.2) is 0 Å². The summed E-state index contributed by atoms with van der Waals surface area (Å²) >= 11 is 0. The Labute approximate surface area is 91.8 Å². The summed E-state index contributed by atoms with van der Waals surface area (Å²) in [5, 5.41) is 10.2. The van der Waals surface area contributed by atoms with E-state index in [-0.39, 0.29) is 17.8 Å². The van der Waals surface area contributed by atoms with Gasteiger partial charge in [0, 0.05) is 12.3 Å². The van der Waals surface area contributed by atoms with Crippen molar-refractivity contribution in [1.82, 2.24) is 0 Å². The van der Waals surface area contributed by atoms with Crippen LogP contribution in [0.5, 0.6) is 0 Å². The van der Waals surface area contributed by atoms with Crippen LogP contribution in [0, 0.1) is 11.8 Å². The van der Waals surface area contributed by atoms with Gasteiger partial charge < -0.3 is 9.84 Å². The van der Waals surface area contributed by atoms with E-state index in [9.17, 15) is 9.90 Å². The number of ketones is 1. The van der Waals surface area contributed by atoms with Crippen LogP contribution in [0.2, 0.25) is 0 Å². The van der Waals surface area contributed by atoms with E-state index in [2.05, 4.69) is 13.8 Å². The van der Waals surface area contributed by atoms with Crippen LogP contribution >= 0.6 is 0 Å². The van der Waals surface area contributed by atoms with Crippen molar-refractivity contribution in [2.24, 2.45) is 11.8 Å². The van der Waals surface area contributed by atoms with Crippen molar-refractivity contribution in [3.8, 4) is 0 Å². The van der Waals surface area contributed by atoms with E-state index in [1.54, 1.807) is 13.8 Å². The number of carbonyl (C=O) groups excluding carboxylic acids is 1. The number of carbonyl (C=O) groups is 1. The predicted octanol–water partition coefficient (Wildman–Crippen LogP) is 2.13. The monoisotopic (exact) mass is 214 g/mol. The SMILES string of the molecule is CC(C)C(=O)C1(O)CCCC(C(C)C)O1. The molecule has 0 bridgehead atoms. The second-order valence-corrected chi connectivity index (χ2v) is 5.10. The number of rotatable bonds is 3. The molecule has 3 heteroatoms. The second kappa shape index (κ2) is 4.62. The molecular weight excluding hydrogens is 192 g/mol. The molecule has 1 saturated heterocycles. The van der Waals surface area contributed by atoms with Gasteiger partial charge in [-0.05, 0) is 18.8 Å². The van der Waals surface area contributed by atoms with Crippen LogP contribution in [-0.2, 0) is 9.53 Å². The van der Waals surface area contributed by atoms with Gasteiger partial charge >= 0.3 is 0 Å². The Hall–Kier alpha value is -0.410. The van der Waals surface area contributed by atoms with Crippen molar-refractivity contribution in [1.29, 1.82) is 0 Å². The molecule has 0 aliphatic carbocycles. The lowest BCUT2D eigenvalue weighted by atomic mass is 9.89. The number of hydrogen-bond acceptors (Lipinski definition) is 3. The Bertz CT molecular complexity index is 235. The molecule has 88 valence electrons. The van der Waals surface area contributed by atoms with Gasteiger partial charge in [0.2, 0.25) is 5.79 Å². The maximum Gasteiger partial charge on any atom is 0.226 e. The molecule has 2 unspecified atom stereocenters. The zero-order chi connectivity index (χ0) is 11.6. The van der Waals surface area contributed by atoms with Crippen LogP contribution in [0.1, 0.15) is 47.0 Å². The highest BCUT2D eigenvalue weighted by molar-refractivity contribution is 5.87. The first-order chi connectivity index (χ1) is 6.87. The number of hydrogen-bond donors (Lipinski definition) is 1. The molecule has 15 heavy (non-hydrogen) atoms. The molecule has 0 radical (unpaired) electrons. The number of ether oxygens (including phenoxy) is 1. The lowest BCUT2D eigenvalue weighted by Crippen LogP contribution is -2.50. The van der Waals surface area contributed by atoms with Gasteiger partial charge in [0.15, 0.2) is 5.78 Å². The fourth-order valence-corrected chi connectivity index (χ4v) is 2.01. The molecule has 1 rings (SSSR count). The maximum absolute atomic E-state index is 11.8. The molecule has 1 aliphatic rings. The third-order valence-corrected chi connectivity index (χ3v) is 3.00. The first-order valence-corrected chi connectivity index (χ1v) is 5.81. The summed E-state index contributed by atoms with van der Waals surface area (Å²) in [6.07, 6.45) is 2.24. The van der Waals surface area contributed by atoms with Crippen LogP contribution in [0.3, 0.4) is 0 Å². The van der Waals surface area contributed by atoms with E-state index in [4.69, 9.17) is 4.74 Å². The van der Waals surface area contributed by atoms with Crippen LogP contribution in [0.25, 0.3) is 0 Å². The average Bonchev–Trinajstić information content (AvgIpc) is 2.16. The minimum Gasteiger partial charge on any atom is -0.360 e. The van der Waals surface area contributed by atoms with E-state index in [0.717, 1.165) is 12.8 Å². The van der Waals surface area contributed by atoms with Crippen molar-refractivity contribution >= 4 is 5.78 Å². The summed E-state index contributed by atoms with van der Waals surface area (Å²) in [7, 11) is 0. The van der Waals surface area contributed by atoms with Crippen molar-refractivity contribution < 1.29 is 14.6 Å². The first kappa shape index (κ1) is 12.7. The van der Waals surface area contributed by atoms with Gasteiger partial charge in [0.05, 0.1) is 6.10 Å². The lowest BCUT2D eigenvalue weighted by Gasteiger charge is -2.38. The summed E-state index contributed by atoms with van der Waals surface area (Å²) < 4.78 is 5.56. The normalized spacial score (nSPS) is 32.3. The van der Waals surface area contributed by atoms with Crippen molar-refractivity contribution in [2.75, 3.05) is 0 Å². The van der Waals surface area contributed by atoms with E-state index < -0.39 is 5.79 Å². The number of Topliss-reactive ketones (excluding diaryl/α,β-unsaturated/α-hetero) is 1. The van der Waals surface area contributed by atoms with E-state index in [0.29, 0.717) is 12.3 Å². The molecule has 1 fully saturated rings. The largest absolute Gasteiger partial charge is 0.360 e. The topological polar surface area (TPSA) is 46.5 Å². The van der Waals surface area contributed by atoms with Gasteiger partial charge in [0.25, 0.3) is 0 Å². The Morgan fingerprint density at radius 3 is 2.47 bits per heavy atom. The van der Waals surface area contributed by atoms with Crippen molar-refractivity contribution in [3.05, 3.63) is 0 Å². The Kier molecular flexibility index (Phi) is 3.90. The Morgan fingerprint density at radius 2 is 2.00 bits per heavy atom. The molecule has 0 aromatic rings. The standard InChI is InChI=1S/C12H22O3/c1-8(2)10-6-5-7-12(14,15-10)11(13)9(3)4/h8-10,14H,5-7H2,1-4H3. The smallest absolute Gasteiger partial charge is 0.226 e. The van der Waals surface area contributed by atoms with Gasteiger partial charge in [-0.3, -0.25) is 4.79 Å². The molecule has 1 heterocycles. The summed E-state index contributed by atoms with van der Waals surface area (Å²) in [6.45, 7) is 7.69. The Morgan fingerprint density at radius 1 is 1.40 bits per heavy atom. The second-order valence-electron chi connectivity index (χ2n) is 5.10. The summed E-state index contributed by atoms with van der Waals surface area (Å²) in [5.41, 5.74) is 0. The van der Waals surface area contributed by atoms with Gasteiger partial charge in [0.1, 0.15) is 0 Å². The third kappa shape index (κ3) is 2.79. The molecular formula is C12H22O3. The van der Waals surface area contributed by atoms with Gasteiger partial charge in [-0.15, -0.1) is 0 Å². The third-order valence-electron chi connectivity index (χ3n) is 3.00. The van der Waals surface area contributed by atoms with E-state index >= 15 is 0 Å². The molecule has 0 saturated carbocycles. The van der Waals surface area contributed by atoms with Gasteiger partial charge in [-0.25, -0.2) is 0 Å². The van der Waals surface area contributed by atoms with E-state index in [1.807, 2.05) is 0 Å². The minimum atomic E-state index is -1.53. The molecule has 1 aliphatic heterocycles. The molecule has 1 N–H and O–H groups in total. The van der Waals surface area contributed by atoms with Crippen molar-refractivity contribution in [3.63, 3.8) is 0 Å². The van der Waals surface area contributed by atoms with Crippen molar-refractivity contribution in [2.45, 2.75) is 58.8 Å². The highest BCUT2D eigenvalue weighted by Crippen LogP contribution is 2.32. The zero-order valence-corrected chi connectivity index (χ0v) is 10.1. The molecule has 2 atom stereocenters.